The van der Waals surface area contributed by atoms with Crippen LogP contribution in [0.1, 0.15) is 297 Å². The standard InChI is InChI=1S/C72H120O6/c1-4-7-10-13-16-19-22-25-27-29-31-33-34-35-36-37-38-40-41-43-45-47-50-53-56-59-62-65-71(74)77-68-69(67-76-70(73)64-61-58-55-52-49-24-21-18-15-12-9-6-3)78-72(75)66-63-60-57-54-51-48-46-44-42-39-32-30-28-26-23-20-17-14-11-8-5-2/h7,10,16,19,23,25-27,30-33,35-36,38,40,42-45,69H,4-6,8-9,11-15,17-18,20-22,24,28-29,34,37,39,41,46-68H2,1-3H3/b10-7-,19-16-,26-23-,27-25-,32-30-,33-31-,36-35-,40-38-,44-42-,45-43-. The minimum Gasteiger partial charge on any atom is -0.462 e. The first-order chi connectivity index (χ1) is 38.5. The predicted molar refractivity (Wildman–Crippen MR) is 339 cm³/mol. The second-order valence-electron chi connectivity index (χ2n) is 21.3. The Hall–Kier alpha value is -4.19. The van der Waals surface area contributed by atoms with Gasteiger partial charge in [0.2, 0.25) is 0 Å². The molecule has 0 spiro atoms. The number of hydrogen-bond donors (Lipinski definition) is 0. The second kappa shape index (κ2) is 65.3. The molecule has 0 amide bonds. The van der Waals surface area contributed by atoms with Crippen molar-refractivity contribution >= 4 is 17.9 Å². The van der Waals surface area contributed by atoms with E-state index >= 15 is 0 Å². The van der Waals surface area contributed by atoms with Gasteiger partial charge in [-0.05, 0) is 116 Å². The van der Waals surface area contributed by atoms with Crippen LogP contribution >= 0.6 is 0 Å². The third-order valence-electron chi connectivity index (χ3n) is 13.7. The molecule has 78 heavy (non-hydrogen) atoms. The van der Waals surface area contributed by atoms with Crippen molar-refractivity contribution in [2.45, 2.75) is 303 Å². The van der Waals surface area contributed by atoms with Crippen LogP contribution in [0.2, 0.25) is 0 Å². The molecule has 1 atom stereocenters. The van der Waals surface area contributed by atoms with Crippen LogP contribution in [0.15, 0.2) is 122 Å². The molecule has 0 saturated heterocycles. The van der Waals surface area contributed by atoms with E-state index in [4.69, 9.17) is 14.2 Å². The van der Waals surface area contributed by atoms with Gasteiger partial charge in [0.05, 0.1) is 0 Å². The molecule has 0 bridgehead atoms. The highest BCUT2D eigenvalue weighted by Gasteiger charge is 2.19. The van der Waals surface area contributed by atoms with Crippen molar-refractivity contribution in [3.63, 3.8) is 0 Å². The van der Waals surface area contributed by atoms with E-state index in [1.165, 1.54) is 109 Å². The van der Waals surface area contributed by atoms with Crippen molar-refractivity contribution in [3.8, 4) is 0 Å². The number of carbonyl (C=O) groups excluding carboxylic acids is 3. The molecule has 0 radical (unpaired) electrons. The van der Waals surface area contributed by atoms with Crippen LogP contribution in [-0.2, 0) is 28.6 Å². The zero-order valence-electron chi connectivity index (χ0n) is 50.9. The Balaban J connectivity index is 4.39. The zero-order chi connectivity index (χ0) is 56.4. The summed E-state index contributed by atoms with van der Waals surface area (Å²) >= 11 is 0. The fraction of sp³-hybridized carbons (Fsp3) is 0.681. The minimum absolute atomic E-state index is 0.0899. The molecule has 6 nitrogen and oxygen atoms in total. The van der Waals surface area contributed by atoms with Crippen LogP contribution in [-0.4, -0.2) is 37.2 Å². The summed E-state index contributed by atoms with van der Waals surface area (Å²) in [5, 5.41) is 0. The highest BCUT2D eigenvalue weighted by molar-refractivity contribution is 5.71. The van der Waals surface area contributed by atoms with Crippen molar-refractivity contribution in [1.29, 1.82) is 0 Å². The Morgan fingerprint density at radius 2 is 0.500 bits per heavy atom. The number of carbonyl (C=O) groups is 3. The first-order valence-electron chi connectivity index (χ1n) is 32.5. The van der Waals surface area contributed by atoms with Crippen LogP contribution < -0.4 is 0 Å². The lowest BCUT2D eigenvalue weighted by Crippen LogP contribution is -2.30. The number of allylic oxidation sites excluding steroid dienone is 20. The van der Waals surface area contributed by atoms with Gasteiger partial charge in [-0.3, -0.25) is 14.4 Å². The molecule has 0 rings (SSSR count). The monoisotopic (exact) mass is 1080 g/mol. The molecule has 0 aromatic carbocycles. The summed E-state index contributed by atoms with van der Waals surface area (Å²) in [7, 11) is 0. The molecule has 0 aromatic heterocycles. The molecule has 0 aromatic rings. The lowest BCUT2D eigenvalue weighted by atomic mass is 10.0. The van der Waals surface area contributed by atoms with Gasteiger partial charge in [0.1, 0.15) is 13.2 Å². The van der Waals surface area contributed by atoms with Crippen molar-refractivity contribution in [3.05, 3.63) is 122 Å². The molecule has 0 fully saturated rings. The Morgan fingerprint density at radius 3 is 0.782 bits per heavy atom. The van der Waals surface area contributed by atoms with Gasteiger partial charge >= 0.3 is 17.9 Å². The maximum Gasteiger partial charge on any atom is 0.306 e. The molecule has 444 valence electrons. The van der Waals surface area contributed by atoms with Crippen LogP contribution in [0.3, 0.4) is 0 Å². The van der Waals surface area contributed by atoms with E-state index in [0.717, 1.165) is 148 Å². The first kappa shape index (κ1) is 73.8. The number of unbranched alkanes of at least 4 members (excludes halogenated alkanes) is 27. The topological polar surface area (TPSA) is 78.9 Å². The van der Waals surface area contributed by atoms with Gasteiger partial charge in [-0.2, -0.15) is 0 Å². The highest BCUT2D eigenvalue weighted by Crippen LogP contribution is 2.15. The molecule has 6 heteroatoms. The van der Waals surface area contributed by atoms with Gasteiger partial charge in [-0.1, -0.05) is 284 Å². The first-order valence-corrected chi connectivity index (χ1v) is 32.5. The average molecular weight is 1080 g/mol. The minimum atomic E-state index is -0.796. The van der Waals surface area contributed by atoms with Crippen LogP contribution in [0, 0.1) is 0 Å². The number of hydrogen-bond acceptors (Lipinski definition) is 6. The normalized spacial score (nSPS) is 12.9. The summed E-state index contributed by atoms with van der Waals surface area (Å²) in [6.07, 6.45) is 90.5. The quantitative estimate of drug-likeness (QED) is 0.0261. The maximum atomic E-state index is 12.9. The zero-order valence-corrected chi connectivity index (χ0v) is 50.9. The summed E-state index contributed by atoms with van der Waals surface area (Å²) < 4.78 is 16.9. The number of ether oxygens (including phenoxy) is 3. The SMILES string of the molecule is CC/C=C\C/C=C\C/C=C\C/C=C\C/C=C\C/C=C\C/C=C\CCCCCCCC(=O)OCC(COC(=O)CCCCCCCCCCCCCC)OC(=O)CCCCCCCC/C=C\C/C=C\C/C=C\CCCCCCC. The van der Waals surface area contributed by atoms with Gasteiger partial charge in [-0.25, -0.2) is 0 Å². The van der Waals surface area contributed by atoms with E-state index in [-0.39, 0.29) is 31.1 Å². The summed E-state index contributed by atoms with van der Waals surface area (Å²) in [6.45, 7) is 6.50. The summed E-state index contributed by atoms with van der Waals surface area (Å²) in [5.41, 5.74) is 0. The van der Waals surface area contributed by atoms with Gasteiger partial charge in [0.25, 0.3) is 0 Å². The summed E-state index contributed by atoms with van der Waals surface area (Å²) in [4.78, 5) is 38.3. The number of rotatable bonds is 58. The predicted octanol–water partition coefficient (Wildman–Crippen LogP) is 22.4. The third-order valence-corrected chi connectivity index (χ3v) is 13.7. The molecule has 0 aliphatic rings. The molecule has 0 N–H and O–H groups in total. The average Bonchev–Trinajstić information content (AvgIpc) is 3.44. The fourth-order valence-electron chi connectivity index (χ4n) is 8.84. The van der Waals surface area contributed by atoms with Crippen LogP contribution in [0.5, 0.6) is 0 Å². The van der Waals surface area contributed by atoms with E-state index in [0.29, 0.717) is 19.3 Å². The molecule has 0 aliphatic carbocycles. The van der Waals surface area contributed by atoms with Gasteiger partial charge in [0.15, 0.2) is 6.10 Å². The highest BCUT2D eigenvalue weighted by atomic mass is 16.6. The van der Waals surface area contributed by atoms with Crippen molar-refractivity contribution in [2.75, 3.05) is 13.2 Å². The smallest absolute Gasteiger partial charge is 0.306 e. The third kappa shape index (κ3) is 62.7. The Bertz CT molecular complexity index is 1620. The maximum absolute atomic E-state index is 12.9. The van der Waals surface area contributed by atoms with E-state index in [9.17, 15) is 14.4 Å². The Morgan fingerprint density at radius 1 is 0.269 bits per heavy atom. The van der Waals surface area contributed by atoms with Gasteiger partial charge < -0.3 is 14.2 Å². The fourth-order valence-corrected chi connectivity index (χ4v) is 8.84. The van der Waals surface area contributed by atoms with Crippen molar-refractivity contribution in [2.24, 2.45) is 0 Å². The molecule has 0 aliphatic heterocycles. The summed E-state index contributed by atoms with van der Waals surface area (Å²) in [6, 6.07) is 0. The van der Waals surface area contributed by atoms with Crippen molar-refractivity contribution in [1.82, 2.24) is 0 Å². The van der Waals surface area contributed by atoms with Gasteiger partial charge in [0, 0.05) is 19.3 Å². The Kier molecular flexibility index (Phi) is 61.8. The molecule has 0 saturated carbocycles. The molecule has 1 unspecified atom stereocenters. The Labute approximate surface area is 482 Å². The molecular weight excluding hydrogens is 961 g/mol. The van der Waals surface area contributed by atoms with Crippen LogP contribution in [0.4, 0.5) is 0 Å². The van der Waals surface area contributed by atoms with Crippen molar-refractivity contribution < 1.29 is 28.6 Å². The largest absolute Gasteiger partial charge is 0.462 e. The van der Waals surface area contributed by atoms with E-state index in [1.807, 2.05) is 0 Å². The van der Waals surface area contributed by atoms with E-state index in [2.05, 4.69) is 142 Å². The van der Waals surface area contributed by atoms with Gasteiger partial charge in [-0.15, -0.1) is 0 Å². The lowest BCUT2D eigenvalue weighted by Gasteiger charge is -2.18. The summed E-state index contributed by atoms with van der Waals surface area (Å²) in [5.74, 6) is -0.917. The lowest BCUT2D eigenvalue weighted by molar-refractivity contribution is -0.167. The molecular formula is C72H120O6. The van der Waals surface area contributed by atoms with E-state index in [1.54, 1.807) is 0 Å². The van der Waals surface area contributed by atoms with E-state index < -0.39 is 6.10 Å². The number of esters is 3. The molecule has 0 heterocycles. The second-order valence-corrected chi connectivity index (χ2v) is 21.3. The van der Waals surface area contributed by atoms with Crippen LogP contribution in [0.25, 0.3) is 0 Å².